The van der Waals surface area contributed by atoms with Crippen molar-refractivity contribution < 1.29 is 0 Å². The van der Waals surface area contributed by atoms with Crippen LogP contribution in [0.5, 0.6) is 0 Å². The van der Waals surface area contributed by atoms with Gasteiger partial charge >= 0.3 is 0 Å². The summed E-state index contributed by atoms with van der Waals surface area (Å²) in [5.74, 6) is 5.13. The Morgan fingerprint density at radius 1 is 1.50 bits per heavy atom. The molecule has 0 aliphatic carbocycles. The van der Waals surface area contributed by atoms with Gasteiger partial charge in [-0.3, -0.25) is 0 Å². The van der Waals surface area contributed by atoms with Crippen LogP contribution in [0.2, 0.25) is 0 Å². The second-order valence-corrected chi connectivity index (χ2v) is 5.50. The first kappa shape index (κ1) is 11.8. The van der Waals surface area contributed by atoms with E-state index in [1.54, 1.807) is 0 Å². The number of nitrogens with zero attached hydrogens (tertiary/aromatic N) is 2. The summed E-state index contributed by atoms with van der Waals surface area (Å²) in [6.07, 6.45) is 3.41. The first-order valence-electron chi connectivity index (χ1n) is 6.20. The third kappa shape index (κ3) is 2.08. The molecular formula is C12H21N3S. The van der Waals surface area contributed by atoms with Gasteiger partial charge in [0.2, 0.25) is 0 Å². The monoisotopic (exact) mass is 239 g/mol. The average molecular weight is 239 g/mol. The minimum atomic E-state index is 0.591. The highest BCUT2D eigenvalue weighted by Crippen LogP contribution is 2.35. The lowest BCUT2D eigenvalue weighted by atomic mass is 10.1. The summed E-state index contributed by atoms with van der Waals surface area (Å²) in [6.45, 7) is 5.27. The van der Waals surface area contributed by atoms with Crippen molar-refractivity contribution in [1.29, 1.82) is 0 Å². The summed E-state index contributed by atoms with van der Waals surface area (Å²) in [5.41, 5.74) is 7.38. The van der Waals surface area contributed by atoms with Gasteiger partial charge in [0.25, 0.3) is 0 Å². The molecule has 1 unspecified atom stereocenters. The number of aromatic nitrogens is 2. The largest absolute Gasteiger partial charge is 0.384 e. The van der Waals surface area contributed by atoms with Crippen LogP contribution in [0.25, 0.3) is 0 Å². The third-order valence-corrected chi connectivity index (χ3v) is 4.38. The number of imidazole rings is 1. The Hall–Kier alpha value is -0.640. The molecule has 16 heavy (non-hydrogen) atoms. The second kappa shape index (κ2) is 5.13. The Labute approximate surface area is 102 Å². The molecule has 0 saturated carbocycles. The van der Waals surface area contributed by atoms with Gasteiger partial charge < -0.3 is 10.3 Å². The number of hydrogen-bond donors (Lipinski definition) is 1. The van der Waals surface area contributed by atoms with E-state index in [2.05, 4.69) is 18.4 Å². The van der Waals surface area contributed by atoms with E-state index in [1.165, 1.54) is 23.8 Å². The Bertz CT molecular complexity index is 353. The van der Waals surface area contributed by atoms with Crippen molar-refractivity contribution in [2.24, 2.45) is 0 Å². The molecule has 1 aliphatic rings. The van der Waals surface area contributed by atoms with Crippen molar-refractivity contribution >= 4 is 17.6 Å². The van der Waals surface area contributed by atoms with Crippen LogP contribution in [-0.2, 0) is 13.0 Å². The van der Waals surface area contributed by atoms with Gasteiger partial charge in [-0.1, -0.05) is 6.92 Å². The average Bonchev–Trinajstić information content (AvgIpc) is 2.87. The van der Waals surface area contributed by atoms with E-state index in [1.807, 2.05) is 11.8 Å². The van der Waals surface area contributed by atoms with Crippen LogP contribution < -0.4 is 5.73 Å². The molecule has 0 radical (unpaired) electrons. The molecule has 1 fully saturated rings. The summed E-state index contributed by atoms with van der Waals surface area (Å²) in [7, 11) is 0. The first-order valence-corrected chi connectivity index (χ1v) is 7.35. The Morgan fingerprint density at radius 2 is 2.31 bits per heavy atom. The van der Waals surface area contributed by atoms with E-state index in [-0.39, 0.29) is 0 Å². The zero-order valence-electron chi connectivity index (χ0n) is 10.2. The normalized spacial score (nSPS) is 20.5. The molecule has 1 aromatic heterocycles. The molecular weight excluding hydrogens is 218 g/mol. The molecule has 1 aromatic rings. The number of hydrogen-bond acceptors (Lipinski definition) is 3. The highest BCUT2D eigenvalue weighted by molar-refractivity contribution is 7.99. The third-order valence-electron chi connectivity index (χ3n) is 3.22. The van der Waals surface area contributed by atoms with Crippen LogP contribution in [0, 0.1) is 0 Å². The molecule has 1 saturated heterocycles. The van der Waals surface area contributed by atoms with Gasteiger partial charge in [-0.25, -0.2) is 4.98 Å². The van der Waals surface area contributed by atoms with E-state index in [9.17, 15) is 0 Å². The summed E-state index contributed by atoms with van der Waals surface area (Å²) < 4.78 is 2.18. The predicted molar refractivity (Wildman–Crippen MR) is 71.0 cm³/mol. The fraction of sp³-hybridized carbons (Fsp3) is 0.750. The SMILES string of the molecule is CCCc1nc(C2CCSC2)c(N)n1CC. The Morgan fingerprint density at radius 3 is 2.88 bits per heavy atom. The van der Waals surface area contributed by atoms with Gasteiger partial charge in [0.1, 0.15) is 11.6 Å². The molecule has 0 aromatic carbocycles. The van der Waals surface area contributed by atoms with Crippen LogP contribution in [0.1, 0.15) is 44.1 Å². The molecule has 2 rings (SSSR count). The first-order chi connectivity index (χ1) is 7.77. The van der Waals surface area contributed by atoms with Crippen LogP contribution in [0.15, 0.2) is 0 Å². The predicted octanol–water partition coefficient (Wildman–Crippen LogP) is 2.66. The standard InChI is InChI=1S/C12H21N3S/c1-3-5-10-14-11(9-6-7-16-8-9)12(13)15(10)4-2/h9H,3-8,13H2,1-2H3. The van der Waals surface area contributed by atoms with Gasteiger partial charge in [-0.05, 0) is 25.5 Å². The Kier molecular flexibility index (Phi) is 3.79. The molecule has 0 bridgehead atoms. The van der Waals surface area contributed by atoms with Crippen LogP contribution in [0.4, 0.5) is 5.82 Å². The van der Waals surface area contributed by atoms with Gasteiger partial charge in [0.05, 0.1) is 5.69 Å². The molecule has 1 atom stereocenters. The van der Waals surface area contributed by atoms with Crippen molar-refractivity contribution in [2.75, 3.05) is 17.2 Å². The smallest absolute Gasteiger partial charge is 0.127 e. The van der Waals surface area contributed by atoms with Gasteiger partial charge in [-0.15, -0.1) is 0 Å². The van der Waals surface area contributed by atoms with Crippen molar-refractivity contribution in [1.82, 2.24) is 9.55 Å². The fourth-order valence-corrected chi connectivity index (χ4v) is 3.58. The number of anilines is 1. The van der Waals surface area contributed by atoms with E-state index >= 15 is 0 Å². The maximum Gasteiger partial charge on any atom is 0.127 e. The Balaban J connectivity index is 2.30. The molecule has 2 N–H and O–H groups in total. The topological polar surface area (TPSA) is 43.8 Å². The summed E-state index contributed by atoms with van der Waals surface area (Å²) in [6, 6.07) is 0. The summed E-state index contributed by atoms with van der Waals surface area (Å²) >= 11 is 2.02. The zero-order chi connectivity index (χ0) is 11.5. The van der Waals surface area contributed by atoms with E-state index < -0.39 is 0 Å². The fourth-order valence-electron chi connectivity index (χ4n) is 2.35. The molecule has 0 spiro atoms. The van der Waals surface area contributed by atoms with Crippen molar-refractivity contribution in [2.45, 2.75) is 45.6 Å². The van der Waals surface area contributed by atoms with Crippen molar-refractivity contribution in [3.05, 3.63) is 11.5 Å². The van der Waals surface area contributed by atoms with E-state index in [0.29, 0.717) is 5.92 Å². The number of nitrogens with two attached hydrogens (primary N) is 1. The minimum absolute atomic E-state index is 0.591. The second-order valence-electron chi connectivity index (χ2n) is 4.35. The highest BCUT2D eigenvalue weighted by atomic mass is 32.2. The number of nitrogen functional groups attached to an aromatic ring is 1. The summed E-state index contributed by atoms with van der Waals surface area (Å²) in [4.78, 5) is 4.78. The summed E-state index contributed by atoms with van der Waals surface area (Å²) in [5, 5.41) is 0. The van der Waals surface area contributed by atoms with Crippen LogP contribution in [-0.4, -0.2) is 21.1 Å². The molecule has 1 aliphatic heterocycles. The van der Waals surface area contributed by atoms with Crippen LogP contribution >= 0.6 is 11.8 Å². The maximum atomic E-state index is 6.22. The lowest BCUT2D eigenvalue weighted by molar-refractivity contribution is 0.690. The molecule has 90 valence electrons. The number of rotatable bonds is 4. The van der Waals surface area contributed by atoms with Gasteiger partial charge in [-0.2, -0.15) is 11.8 Å². The van der Waals surface area contributed by atoms with E-state index in [4.69, 9.17) is 10.7 Å². The lowest BCUT2D eigenvalue weighted by Crippen LogP contribution is -2.06. The molecule has 2 heterocycles. The maximum absolute atomic E-state index is 6.22. The van der Waals surface area contributed by atoms with Crippen molar-refractivity contribution in [3.63, 3.8) is 0 Å². The zero-order valence-corrected chi connectivity index (χ0v) is 11.0. The molecule has 0 amide bonds. The van der Waals surface area contributed by atoms with Crippen LogP contribution in [0.3, 0.4) is 0 Å². The van der Waals surface area contributed by atoms with E-state index in [0.717, 1.165) is 30.9 Å². The number of aryl methyl sites for hydroxylation is 1. The number of thioether (sulfide) groups is 1. The van der Waals surface area contributed by atoms with Gasteiger partial charge in [0.15, 0.2) is 0 Å². The molecule has 3 nitrogen and oxygen atoms in total. The van der Waals surface area contributed by atoms with Crippen molar-refractivity contribution in [3.8, 4) is 0 Å². The molecule has 4 heteroatoms. The quantitative estimate of drug-likeness (QED) is 0.878. The highest BCUT2D eigenvalue weighted by Gasteiger charge is 2.24. The van der Waals surface area contributed by atoms with Gasteiger partial charge in [0, 0.05) is 24.6 Å². The lowest BCUT2D eigenvalue weighted by Gasteiger charge is -2.07. The minimum Gasteiger partial charge on any atom is -0.384 e.